The molecule has 4 unspecified atom stereocenters. The van der Waals surface area contributed by atoms with Crippen molar-refractivity contribution < 1.29 is 0 Å². The van der Waals surface area contributed by atoms with Crippen molar-refractivity contribution in [2.24, 2.45) is 22.7 Å². The Hall–Kier alpha value is -3.98. The fraction of sp³-hybridized carbons (Fsp3) is 0.316. The predicted molar refractivity (Wildman–Crippen MR) is 170 cm³/mol. The highest BCUT2D eigenvalue weighted by atomic mass is 15.1. The second-order valence-corrected chi connectivity index (χ2v) is 13.4. The van der Waals surface area contributed by atoms with E-state index in [-0.39, 0.29) is 10.8 Å². The molecule has 2 heterocycles. The zero-order valence-electron chi connectivity index (χ0n) is 24.6. The third-order valence-electron chi connectivity index (χ3n) is 10.4. The van der Waals surface area contributed by atoms with Gasteiger partial charge in [0.1, 0.15) is 5.69 Å². The van der Waals surface area contributed by atoms with E-state index >= 15 is 0 Å². The molecule has 0 spiro atoms. The molecule has 204 valence electrons. The van der Waals surface area contributed by atoms with Crippen molar-refractivity contribution in [2.75, 3.05) is 0 Å². The van der Waals surface area contributed by atoms with Gasteiger partial charge in [-0.05, 0) is 53.4 Å². The van der Waals surface area contributed by atoms with Crippen LogP contribution in [0.2, 0.25) is 0 Å². The van der Waals surface area contributed by atoms with E-state index in [1.165, 1.54) is 27.7 Å². The van der Waals surface area contributed by atoms with E-state index in [9.17, 15) is 0 Å². The molecule has 2 aromatic carbocycles. The van der Waals surface area contributed by atoms with Crippen molar-refractivity contribution in [3.8, 4) is 17.1 Å². The number of nitrogens with zero attached hydrogens (tertiary/aromatic N) is 3. The minimum absolute atomic E-state index is 0.0612. The van der Waals surface area contributed by atoms with Crippen LogP contribution in [-0.4, -0.2) is 14.5 Å². The number of hydrogen-bond acceptors (Lipinski definition) is 2. The molecule has 2 aromatic heterocycles. The first-order chi connectivity index (χ1) is 19.8. The summed E-state index contributed by atoms with van der Waals surface area (Å²) in [4.78, 5) is 10.9. The first-order valence-corrected chi connectivity index (χ1v) is 15.2. The maximum Gasteiger partial charge on any atom is 0.165 e. The van der Waals surface area contributed by atoms with Crippen LogP contribution >= 0.6 is 0 Å². The minimum atomic E-state index is -0.0912. The van der Waals surface area contributed by atoms with Gasteiger partial charge >= 0.3 is 0 Å². The number of hydrogen-bond donors (Lipinski definition) is 0. The lowest BCUT2D eigenvalue weighted by Crippen LogP contribution is -2.31. The number of para-hydroxylation sites is 1. The molecule has 8 rings (SSSR count). The van der Waals surface area contributed by atoms with Gasteiger partial charge in [-0.15, -0.1) is 0 Å². The van der Waals surface area contributed by atoms with Crippen LogP contribution in [0.15, 0.2) is 90.6 Å². The number of aromatic nitrogens is 3. The Morgan fingerprint density at radius 3 is 2.49 bits per heavy atom. The summed E-state index contributed by atoms with van der Waals surface area (Å²) in [5.41, 5.74) is 11.3. The van der Waals surface area contributed by atoms with Gasteiger partial charge in [0.25, 0.3) is 0 Å². The molecule has 3 nitrogen and oxygen atoms in total. The number of benzene rings is 2. The predicted octanol–water partition coefficient (Wildman–Crippen LogP) is 9.34. The van der Waals surface area contributed by atoms with Crippen LogP contribution in [0.4, 0.5) is 0 Å². The van der Waals surface area contributed by atoms with Gasteiger partial charge in [0, 0.05) is 22.3 Å². The Morgan fingerprint density at radius 1 is 0.878 bits per heavy atom. The molecule has 0 N–H and O–H groups in total. The first-order valence-electron chi connectivity index (χ1n) is 15.2. The normalized spacial score (nSPS) is 27.1. The average molecular weight is 536 g/mol. The Morgan fingerprint density at radius 2 is 1.66 bits per heavy atom. The highest BCUT2D eigenvalue weighted by Gasteiger charge is 2.57. The zero-order chi connectivity index (χ0) is 28.1. The fourth-order valence-electron chi connectivity index (χ4n) is 8.79. The van der Waals surface area contributed by atoms with E-state index in [0.29, 0.717) is 17.8 Å². The lowest BCUT2D eigenvalue weighted by atomic mass is 9.65. The van der Waals surface area contributed by atoms with Crippen LogP contribution in [0.1, 0.15) is 69.6 Å². The highest BCUT2D eigenvalue weighted by Crippen LogP contribution is 2.67. The summed E-state index contributed by atoms with van der Waals surface area (Å²) in [6.45, 7) is 12.1. The number of fused-ring (bicyclic) bond motifs is 7. The smallest absolute Gasteiger partial charge is 0.165 e. The van der Waals surface area contributed by atoms with Gasteiger partial charge in [-0.3, -0.25) is 4.57 Å². The van der Waals surface area contributed by atoms with Crippen molar-refractivity contribution in [1.82, 2.24) is 14.5 Å². The SMILES string of the molecule is CC1Cc2c(n(-c3nc4c(nc3-c3ccccc3)C(C)CC=C4)c3ccccc23)C2=C1C(C)(C)C1C=CC=CC21C. The van der Waals surface area contributed by atoms with Crippen molar-refractivity contribution in [3.05, 3.63) is 113 Å². The van der Waals surface area contributed by atoms with Crippen LogP contribution in [0.25, 0.3) is 39.6 Å². The second kappa shape index (κ2) is 8.52. The van der Waals surface area contributed by atoms with Gasteiger partial charge in [0.15, 0.2) is 5.82 Å². The fourth-order valence-corrected chi connectivity index (χ4v) is 8.79. The molecule has 0 fully saturated rings. The van der Waals surface area contributed by atoms with Crippen LogP contribution in [0.5, 0.6) is 0 Å². The van der Waals surface area contributed by atoms with Gasteiger partial charge in [0.2, 0.25) is 0 Å². The van der Waals surface area contributed by atoms with E-state index in [2.05, 4.69) is 130 Å². The molecule has 0 radical (unpaired) electrons. The lowest BCUT2D eigenvalue weighted by molar-refractivity contribution is 0.243. The Kier molecular flexibility index (Phi) is 5.15. The molecule has 0 aliphatic heterocycles. The van der Waals surface area contributed by atoms with Gasteiger partial charge in [-0.2, -0.15) is 0 Å². The molecule has 0 amide bonds. The van der Waals surface area contributed by atoms with Crippen LogP contribution < -0.4 is 0 Å². The molecule has 4 aromatic rings. The summed E-state index contributed by atoms with van der Waals surface area (Å²) in [6.07, 6.45) is 15.9. The van der Waals surface area contributed by atoms with E-state index in [0.717, 1.165) is 41.3 Å². The maximum absolute atomic E-state index is 5.50. The second-order valence-electron chi connectivity index (χ2n) is 13.4. The molecule has 4 aliphatic carbocycles. The standard InChI is InChI=1S/C38H37N3/c1-23-14-13-18-28-33(23)40-34(25-15-7-6-8-16-25)36(39-28)41-29-19-10-9-17-26(29)27-22-24(2)31-32(35(27)41)38(5)21-12-11-20-30(38)37(31,3)4/h6-13,15-21,23-24,30H,14,22H2,1-5H3. The van der Waals surface area contributed by atoms with Crippen LogP contribution in [0, 0.1) is 22.7 Å². The van der Waals surface area contributed by atoms with Gasteiger partial charge in [-0.25, -0.2) is 9.97 Å². The van der Waals surface area contributed by atoms with E-state index in [1.807, 2.05) is 0 Å². The molecular weight excluding hydrogens is 498 g/mol. The lowest BCUT2D eigenvalue weighted by Gasteiger charge is -2.38. The van der Waals surface area contributed by atoms with Gasteiger partial charge in [-0.1, -0.05) is 119 Å². The quantitative estimate of drug-likeness (QED) is 0.256. The van der Waals surface area contributed by atoms with Gasteiger partial charge in [0.05, 0.1) is 22.6 Å². The van der Waals surface area contributed by atoms with Crippen molar-refractivity contribution >= 4 is 22.6 Å². The molecule has 0 bridgehead atoms. The summed E-state index contributed by atoms with van der Waals surface area (Å²) in [6, 6.07) is 19.6. The van der Waals surface area contributed by atoms with E-state index in [4.69, 9.17) is 9.97 Å². The third-order valence-corrected chi connectivity index (χ3v) is 10.4. The summed E-state index contributed by atoms with van der Waals surface area (Å²) in [5, 5.41) is 1.34. The maximum atomic E-state index is 5.50. The largest absolute Gasteiger partial charge is 0.292 e. The number of rotatable bonds is 2. The molecular formula is C38H37N3. The Balaban J connectivity index is 1.52. The summed E-state index contributed by atoms with van der Waals surface area (Å²) >= 11 is 0. The molecule has 4 aliphatic rings. The molecule has 3 heteroatoms. The monoisotopic (exact) mass is 535 g/mol. The highest BCUT2D eigenvalue weighted by molar-refractivity contribution is 5.97. The molecule has 0 saturated heterocycles. The zero-order valence-corrected chi connectivity index (χ0v) is 24.6. The average Bonchev–Trinajstić information content (AvgIpc) is 3.39. The van der Waals surface area contributed by atoms with Crippen molar-refractivity contribution in [1.29, 1.82) is 0 Å². The Bertz CT molecular complexity index is 1860. The summed E-state index contributed by atoms with van der Waals surface area (Å²) < 4.78 is 2.49. The van der Waals surface area contributed by atoms with Crippen molar-refractivity contribution in [3.63, 3.8) is 0 Å². The summed E-state index contributed by atoms with van der Waals surface area (Å²) in [7, 11) is 0. The number of allylic oxidation sites excluding steroid dienone is 7. The molecule has 41 heavy (non-hydrogen) atoms. The first kappa shape index (κ1) is 24.8. The minimum Gasteiger partial charge on any atom is -0.292 e. The van der Waals surface area contributed by atoms with Crippen molar-refractivity contribution in [2.45, 2.75) is 53.4 Å². The molecule has 4 atom stereocenters. The molecule has 0 saturated carbocycles. The van der Waals surface area contributed by atoms with E-state index in [1.54, 1.807) is 5.57 Å². The van der Waals surface area contributed by atoms with Crippen LogP contribution in [0.3, 0.4) is 0 Å². The van der Waals surface area contributed by atoms with Crippen LogP contribution in [-0.2, 0) is 6.42 Å². The third kappa shape index (κ3) is 3.26. The summed E-state index contributed by atoms with van der Waals surface area (Å²) in [5.74, 6) is 2.17. The van der Waals surface area contributed by atoms with E-state index < -0.39 is 0 Å². The topological polar surface area (TPSA) is 30.7 Å². The van der Waals surface area contributed by atoms with Gasteiger partial charge < -0.3 is 0 Å². The Labute approximate surface area is 243 Å².